The summed E-state index contributed by atoms with van der Waals surface area (Å²) in [7, 11) is 2.26. The summed E-state index contributed by atoms with van der Waals surface area (Å²) in [5.41, 5.74) is 5.66. The zero-order valence-corrected chi connectivity index (χ0v) is 28.0. The first-order valence-electron chi connectivity index (χ1n) is 17.5. The molecular weight excluding hydrogens is 530 g/mol. The molecule has 0 N–H and O–H groups in total. The maximum absolute atomic E-state index is 5.05. The molecule has 4 aliphatic rings. The molecule has 6 rings (SSSR count). The fourth-order valence-corrected chi connectivity index (χ4v) is 8.42. The van der Waals surface area contributed by atoms with Gasteiger partial charge in [0.05, 0.1) is 11.7 Å². The van der Waals surface area contributed by atoms with Crippen LogP contribution in [0.5, 0.6) is 0 Å². The van der Waals surface area contributed by atoms with E-state index in [0.717, 1.165) is 31.5 Å². The second-order valence-corrected chi connectivity index (χ2v) is 15.0. The topological polar surface area (TPSA) is 34.0 Å². The van der Waals surface area contributed by atoms with Crippen LogP contribution in [0.2, 0.25) is 0 Å². The zero-order valence-electron chi connectivity index (χ0n) is 28.0. The second-order valence-electron chi connectivity index (χ2n) is 15.0. The maximum atomic E-state index is 5.05. The molecule has 43 heavy (non-hydrogen) atoms. The molecule has 0 aliphatic carbocycles. The number of nitrogens with zero attached hydrogens (tertiary/aromatic N) is 7. The van der Waals surface area contributed by atoms with Crippen molar-refractivity contribution in [3.63, 3.8) is 0 Å². The fraction of sp³-hybridized carbons (Fsp3) is 0.750. The minimum atomic E-state index is 0.258. The van der Waals surface area contributed by atoms with Crippen molar-refractivity contribution in [3.05, 3.63) is 47.3 Å². The van der Waals surface area contributed by atoms with Gasteiger partial charge in [-0.3, -0.25) is 14.5 Å². The van der Waals surface area contributed by atoms with Crippen molar-refractivity contribution in [2.45, 2.75) is 84.3 Å². The van der Waals surface area contributed by atoms with Crippen molar-refractivity contribution < 1.29 is 0 Å². The lowest BCUT2D eigenvalue weighted by Gasteiger charge is -2.50. The van der Waals surface area contributed by atoms with Gasteiger partial charge in [-0.1, -0.05) is 17.7 Å². The third-order valence-corrected chi connectivity index (χ3v) is 11.8. The summed E-state index contributed by atoms with van der Waals surface area (Å²) in [6.07, 6.45) is 10.2. The van der Waals surface area contributed by atoms with Crippen molar-refractivity contribution in [2.75, 3.05) is 83.9 Å². The molecule has 2 aromatic rings. The van der Waals surface area contributed by atoms with Crippen LogP contribution in [-0.4, -0.2) is 114 Å². The van der Waals surface area contributed by atoms with Gasteiger partial charge in [0.2, 0.25) is 0 Å². The average molecular weight is 590 g/mol. The molecule has 4 aliphatic heterocycles. The van der Waals surface area contributed by atoms with E-state index in [2.05, 4.69) is 94.4 Å². The van der Waals surface area contributed by atoms with Gasteiger partial charge in [0, 0.05) is 88.4 Å². The molecule has 0 unspecified atom stereocenters. The van der Waals surface area contributed by atoms with Crippen LogP contribution in [0.15, 0.2) is 30.5 Å². The summed E-state index contributed by atoms with van der Waals surface area (Å²) in [6.45, 7) is 23.8. The molecule has 238 valence electrons. The number of hydrogen-bond donors (Lipinski definition) is 0. The van der Waals surface area contributed by atoms with Crippen LogP contribution >= 0.6 is 0 Å². The van der Waals surface area contributed by atoms with Crippen molar-refractivity contribution in [2.24, 2.45) is 11.8 Å². The Bertz CT molecular complexity index is 1140. The van der Waals surface area contributed by atoms with Crippen LogP contribution in [0.1, 0.15) is 75.2 Å². The van der Waals surface area contributed by atoms with Crippen LogP contribution in [0.25, 0.3) is 0 Å². The monoisotopic (exact) mass is 589 g/mol. The first kappa shape index (κ1) is 31.1. The molecule has 7 heteroatoms. The quantitative estimate of drug-likeness (QED) is 0.416. The molecule has 0 atom stereocenters. The third-order valence-electron chi connectivity index (χ3n) is 11.8. The Morgan fingerprint density at radius 3 is 2.05 bits per heavy atom. The number of piperazine rings is 1. The minimum Gasteiger partial charge on any atom is -0.372 e. The lowest BCUT2D eigenvalue weighted by Crippen LogP contribution is -2.58. The van der Waals surface area contributed by atoms with Gasteiger partial charge < -0.3 is 14.7 Å². The van der Waals surface area contributed by atoms with Crippen LogP contribution < -0.4 is 4.90 Å². The third kappa shape index (κ3) is 7.49. The number of anilines is 1. The van der Waals surface area contributed by atoms with Crippen LogP contribution in [0.3, 0.4) is 0 Å². The highest BCUT2D eigenvalue weighted by atomic mass is 15.3. The fourth-order valence-electron chi connectivity index (χ4n) is 8.42. The summed E-state index contributed by atoms with van der Waals surface area (Å²) in [4.78, 5) is 13.3. The van der Waals surface area contributed by atoms with E-state index in [4.69, 9.17) is 5.10 Å². The minimum absolute atomic E-state index is 0.258. The van der Waals surface area contributed by atoms with Gasteiger partial charge in [0.1, 0.15) is 0 Å². The SMILES string of the molecule is Cc1ccc(N2CCC(C(C)(C)N3CCN(Cc4cn(C5CCN(CC6CCN(C)CC6)CC5)nc4C)CC3)CC2)cc1. The van der Waals surface area contributed by atoms with E-state index in [9.17, 15) is 0 Å². The first-order chi connectivity index (χ1) is 20.7. The molecule has 4 saturated heterocycles. The smallest absolute Gasteiger partial charge is 0.0638 e. The Morgan fingerprint density at radius 2 is 1.40 bits per heavy atom. The molecule has 1 aromatic carbocycles. The van der Waals surface area contributed by atoms with E-state index in [1.165, 1.54) is 120 Å². The molecule has 0 radical (unpaired) electrons. The van der Waals surface area contributed by atoms with Gasteiger partial charge in [-0.25, -0.2) is 0 Å². The molecule has 1 aromatic heterocycles. The van der Waals surface area contributed by atoms with E-state index in [0.29, 0.717) is 6.04 Å². The average Bonchev–Trinajstić information content (AvgIpc) is 3.39. The Balaban J connectivity index is 0.943. The standard InChI is InChI=1S/C36H59N7/c1-29-6-8-34(9-7-29)41-20-12-33(13-21-41)36(3,4)42-24-22-40(23-25-42)27-32-28-43(37-30(32)2)35-14-18-39(19-15-35)26-31-10-16-38(5)17-11-31/h6-9,28,31,33,35H,10-27H2,1-5H3. The van der Waals surface area contributed by atoms with Gasteiger partial charge in [0.15, 0.2) is 0 Å². The molecule has 0 amide bonds. The van der Waals surface area contributed by atoms with Gasteiger partial charge in [-0.05, 0) is 110 Å². The Kier molecular flexibility index (Phi) is 9.82. The van der Waals surface area contributed by atoms with Crippen molar-refractivity contribution in [3.8, 4) is 0 Å². The Hall–Kier alpha value is -1.93. The van der Waals surface area contributed by atoms with Gasteiger partial charge in [0.25, 0.3) is 0 Å². The molecule has 4 fully saturated rings. The van der Waals surface area contributed by atoms with Crippen molar-refractivity contribution >= 4 is 5.69 Å². The van der Waals surface area contributed by atoms with E-state index in [1.54, 1.807) is 0 Å². The number of piperidine rings is 3. The summed E-state index contributed by atoms with van der Waals surface area (Å²) < 4.78 is 2.33. The normalized spacial score (nSPS) is 23.8. The molecular formula is C36H59N7. The highest BCUT2D eigenvalue weighted by Crippen LogP contribution is 2.35. The summed E-state index contributed by atoms with van der Waals surface area (Å²) >= 11 is 0. The molecule has 7 nitrogen and oxygen atoms in total. The van der Waals surface area contributed by atoms with Crippen molar-refractivity contribution in [1.29, 1.82) is 0 Å². The number of likely N-dealkylation sites (tertiary alicyclic amines) is 2. The van der Waals surface area contributed by atoms with E-state index in [1.807, 2.05) is 0 Å². The van der Waals surface area contributed by atoms with E-state index < -0.39 is 0 Å². The lowest BCUT2D eigenvalue weighted by molar-refractivity contribution is 0.00678. The first-order valence-corrected chi connectivity index (χ1v) is 17.5. The second kappa shape index (κ2) is 13.6. The van der Waals surface area contributed by atoms with Crippen molar-refractivity contribution in [1.82, 2.24) is 29.4 Å². The summed E-state index contributed by atoms with van der Waals surface area (Å²) in [5, 5.41) is 5.05. The van der Waals surface area contributed by atoms with E-state index >= 15 is 0 Å². The number of rotatable bonds is 8. The number of aromatic nitrogens is 2. The number of benzene rings is 1. The van der Waals surface area contributed by atoms with Gasteiger partial charge >= 0.3 is 0 Å². The summed E-state index contributed by atoms with van der Waals surface area (Å²) in [6, 6.07) is 9.66. The lowest BCUT2D eigenvalue weighted by atomic mass is 9.78. The molecule has 0 saturated carbocycles. The predicted molar refractivity (Wildman–Crippen MR) is 179 cm³/mol. The Morgan fingerprint density at radius 1 is 0.744 bits per heavy atom. The highest BCUT2D eigenvalue weighted by molar-refractivity contribution is 5.47. The maximum Gasteiger partial charge on any atom is 0.0638 e. The summed E-state index contributed by atoms with van der Waals surface area (Å²) in [5.74, 6) is 1.66. The molecule has 0 bridgehead atoms. The predicted octanol–water partition coefficient (Wildman–Crippen LogP) is 5.29. The Labute approximate surface area is 262 Å². The number of aryl methyl sites for hydroxylation is 2. The highest BCUT2D eigenvalue weighted by Gasteiger charge is 2.38. The van der Waals surface area contributed by atoms with Gasteiger partial charge in [-0.2, -0.15) is 5.10 Å². The largest absolute Gasteiger partial charge is 0.372 e. The van der Waals surface area contributed by atoms with Crippen LogP contribution in [-0.2, 0) is 6.54 Å². The molecule has 0 spiro atoms. The zero-order chi connectivity index (χ0) is 30.0. The number of hydrogen-bond acceptors (Lipinski definition) is 6. The van der Waals surface area contributed by atoms with Gasteiger partial charge in [-0.15, -0.1) is 0 Å². The molecule has 5 heterocycles. The van der Waals surface area contributed by atoms with E-state index in [-0.39, 0.29) is 5.54 Å². The van der Waals surface area contributed by atoms with Crippen LogP contribution in [0.4, 0.5) is 5.69 Å². The van der Waals surface area contributed by atoms with Crippen LogP contribution in [0, 0.1) is 25.7 Å².